The van der Waals surface area contributed by atoms with Crippen molar-refractivity contribution in [3.8, 4) is 0 Å². The first-order valence-electron chi connectivity index (χ1n) is 6.77. The van der Waals surface area contributed by atoms with Crippen molar-refractivity contribution in [2.24, 2.45) is 0 Å². The molecule has 0 aliphatic carbocycles. The fourth-order valence-electron chi connectivity index (χ4n) is 1.85. The number of methoxy groups -OCH3 is 1. The van der Waals surface area contributed by atoms with Gasteiger partial charge in [0.1, 0.15) is 5.82 Å². The quantitative estimate of drug-likeness (QED) is 0.606. The average molecular weight is 265 g/mol. The Kier molecular flexibility index (Phi) is 6.25. The number of hydrogen-bond donors (Lipinski definition) is 1. The highest BCUT2D eigenvalue weighted by Gasteiger charge is 2.12. The zero-order valence-electron chi connectivity index (χ0n) is 12.2. The summed E-state index contributed by atoms with van der Waals surface area (Å²) in [5, 5.41) is 3.30. The summed E-state index contributed by atoms with van der Waals surface area (Å²) in [5.74, 6) is 0.271. The monoisotopic (exact) mass is 265 g/mol. The number of aryl methyl sites for hydroxylation is 1. The molecule has 0 aromatic carbocycles. The lowest BCUT2D eigenvalue weighted by Crippen LogP contribution is -2.18. The molecule has 1 rings (SSSR count). The molecule has 0 amide bonds. The number of carbonyl (C=O) groups is 1. The maximum atomic E-state index is 11.4. The maximum absolute atomic E-state index is 11.4. The maximum Gasteiger partial charge on any atom is 0.376 e. The summed E-state index contributed by atoms with van der Waals surface area (Å²) in [6.45, 7) is 6.14. The third-order valence-electron chi connectivity index (χ3n) is 2.86. The van der Waals surface area contributed by atoms with Gasteiger partial charge in [0.2, 0.25) is 5.82 Å². The normalized spacial score (nSPS) is 12.0. The third kappa shape index (κ3) is 5.24. The van der Waals surface area contributed by atoms with E-state index < -0.39 is 5.97 Å². The summed E-state index contributed by atoms with van der Waals surface area (Å²) < 4.78 is 4.64. The van der Waals surface area contributed by atoms with Gasteiger partial charge in [-0.05, 0) is 20.3 Å². The van der Waals surface area contributed by atoms with Crippen molar-refractivity contribution >= 4 is 11.8 Å². The summed E-state index contributed by atoms with van der Waals surface area (Å²) in [7, 11) is 1.33. The van der Waals surface area contributed by atoms with Gasteiger partial charge in [-0.1, -0.05) is 26.2 Å². The molecule has 0 aliphatic rings. The van der Waals surface area contributed by atoms with E-state index in [-0.39, 0.29) is 5.82 Å². The number of nitrogens with zero attached hydrogens (tertiary/aromatic N) is 2. The molecule has 1 N–H and O–H groups in total. The van der Waals surface area contributed by atoms with Crippen LogP contribution in [0.4, 0.5) is 5.82 Å². The number of esters is 1. The number of unbranched alkanes of at least 4 members (excludes halogenated alkanes) is 2. The smallest absolute Gasteiger partial charge is 0.376 e. The van der Waals surface area contributed by atoms with Crippen LogP contribution in [-0.2, 0) is 4.74 Å². The topological polar surface area (TPSA) is 64.1 Å². The summed E-state index contributed by atoms with van der Waals surface area (Å²) in [6, 6.07) is 2.16. The molecule has 1 unspecified atom stereocenters. The number of hydrogen-bond acceptors (Lipinski definition) is 5. The van der Waals surface area contributed by atoms with Gasteiger partial charge in [-0.15, -0.1) is 0 Å². The summed E-state index contributed by atoms with van der Waals surface area (Å²) >= 11 is 0. The Bertz CT molecular complexity index is 421. The number of aromatic nitrogens is 2. The van der Waals surface area contributed by atoms with Gasteiger partial charge in [0.25, 0.3) is 0 Å². The molecule has 1 aromatic heterocycles. The van der Waals surface area contributed by atoms with Crippen LogP contribution < -0.4 is 5.32 Å². The minimum absolute atomic E-state index is 0.103. The molecular formula is C14H23N3O2. The van der Waals surface area contributed by atoms with E-state index in [1.54, 1.807) is 0 Å². The van der Waals surface area contributed by atoms with Crippen LogP contribution >= 0.6 is 0 Å². The Morgan fingerprint density at radius 2 is 2.16 bits per heavy atom. The van der Waals surface area contributed by atoms with Crippen LogP contribution in [0.1, 0.15) is 55.8 Å². The number of anilines is 1. The Morgan fingerprint density at radius 1 is 1.42 bits per heavy atom. The zero-order chi connectivity index (χ0) is 14.3. The van der Waals surface area contributed by atoms with Gasteiger partial charge in [-0.3, -0.25) is 0 Å². The Balaban J connectivity index is 2.67. The van der Waals surface area contributed by atoms with Crippen molar-refractivity contribution in [3.05, 3.63) is 17.6 Å². The van der Waals surface area contributed by atoms with Crippen LogP contribution in [0.15, 0.2) is 6.07 Å². The minimum Gasteiger partial charge on any atom is -0.463 e. The zero-order valence-corrected chi connectivity index (χ0v) is 12.2. The third-order valence-corrected chi connectivity index (χ3v) is 2.86. The molecule has 0 bridgehead atoms. The van der Waals surface area contributed by atoms with E-state index in [2.05, 4.69) is 33.9 Å². The lowest BCUT2D eigenvalue weighted by atomic mass is 10.1. The second-order valence-electron chi connectivity index (χ2n) is 4.75. The van der Waals surface area contributed by atoms with E-state index in [1.165, 1.54) is 26.4 Å². The predicted octanol–water partition coefficient (Wildman–Crippen LogP) is 2.95. The molecule has 1 atom stereocenters. The second kappa shape index (κ2) is 7.71. The Hall–Kier alpha value is -1.65. The fourth-order valence-corrected chi connectivity index (χ4v) is 1.85. The Labute approximate surface area is 114 Å². The van der Waals surface area contributed by atoms with Crippen molar-refractivity contribution in [2.45, 2.75) is 52.5 Å². The molecule has 0 radical (unpaired) electrons. The van der Waals surface area contributed by atoms with E-state index in [0.29, 0.717) is 11.9 Å². The predicted molar refractivity (Wildman–Crippen MR) is 75.3 cm³/mol. The van der Waals surface area contributed by atoms with E-state index in [9.17, 15) is 4.79 Å². The Morgan fingerprint density at radius 3 is 2.79 bits per heavy atom. The van der Waals surface area contributed by atoms with Gasteiger partial charge in [0.05, 0.1) is 7.11 Å². The molecule has 0 fully saturated rings. The molecule has 0 saturated heterocycles. The first-order valence-corrected chi connectivity index (χ1v) is 6.77. The van der Waals surface area contributed by atoms with Crippen LogP contribution in [0, 0.1) is 6.92 Å². The molecule has 19 heavy (non-hydrogen) atoms. The van der Waals surface area contributed by atoms with Gasteiger partial charge in [0.15, 0.2) is 0 Å². The van der Waals surface area contributed by atoms with E-state index >= 15 is 0 Å². The molecule has 0 saturated carbocycles. The van der Waals surface area contributed by atoms with Crippen LogP contribution in [0.2, 0.25) is 0 Å². The van der Waals surface area contributed by atoms with Crippen molar-refractivity contribution in [3.63, 3.8) is 0 Å². The molecule has 0 aliphatic heterocycles. The van der Waals surface area contributed by atoms with E-state index in [0.717, 1.165) is 12.1 Å². The van der Waals surface area contributed by atoms with Crippen molar-refractivity contribution < 1.29 is 9.53 Å². The van der Waals surface area contributed by atoms with Crippen LogP contribution in [-0.4, -0.2) is 29.1 Å². The second-order valence-corrected chi connectivity index (χ2v) is 4.75. The molecule has 0 spiro atoms. The highest BCUT2D eigenvalue weighted by molar-refractivity contribution is 5.85. The number of carbonyl (C=O) groups excluding carboxylic acids is 1. The molecule has 1 aromatic rings. The highest BCUT2D eigenvalue weighted by Crippen LogP contribution is 2.11. The molecular weight excluding hydrogens is 242 g/mol. The van der Waals surface area contributed by atoms with Crippen molar-refractivity contribution in [1.29, 1.82) is 0 Å². The van der Waals surface area contributed by atoms with Crippen LogP contribution in [0.5, 0.6) is 0 Å². The molecule has 5 nitrogen and oxygen atoms in total. The van der Waals surface area contributed by atoms with Gasteiger partial charge in [-0.25, -0.2) is 14.8 Å². The summed E-state index contributed by atoms with van der Waals surface area (Å²) in [5.41, 5.74) is 0.749. The molecule has 1 heterocycles. The first kappa shape index (κ1) is 15.4. The van der Waals surface area contributed by atoms with Gasteiger partial charge >= 0.3 is 5.97 Å². The van der Waals surface area contributed by atoms with Crippen molar-refractivity contribution in [2.75, 3.05) is 12.4 Å². The summed E-state index contributed by atoms with van der Waals surface area (Å²) in [6.07, 6.45) is 4.73. The van der Waals surface area contributed by atoms with Gasteiger partial charge in [0, 0.05) is 17.8 Å². The average Bonchev–Trinajstić information content (AvgIpc) is 2.37. The van der Waals surface area contributed by atoms with Crippen LogP contribution in [0.3, 0.4) is 0 Å². The van der Waals surface area contributed by atoms with Crippen molar-refractivity contribution in [1.82, 2.24) is 9.97 Å². The number of nitrogens with one attached hydrogen (secondary N) is 1. The lowest BCUT2D eigenvalue weighted by molar-refractivity contribution is 0.0586. The highest BCUT2D eigenvalue weighted by atomic mass is 16.5. The first-order chi connectivity index (χ1) is 9.06. The number of rotatable bonds is 7. The molecule has 5 heteroatoms. The van der Waals surface area contributed by atoms with E-state index in [1.807, 2.05) is 13.0 Å². The molecule has 106 valence electrons. The largest absolute Gasteiger partial charge is 0.463 e. The van der Waals surface area contributed by atoms with E-state index in [4.69, 9.17) is 0 Å². The lowest BCUT2D eigenvalue weighted by Gasteiger charge is -2.15. The fraction of sp³-hybridized carbons (Fsp3) is 0.643. The van der Waals surface area contributed by atoms with Gasteiger partial charge < -0.3 is 10.1 Å². The SMILES string of the molecule is CCCCCC(C)Nc1cc(C)nc(C(=O)OC)n1. The standard InChI is InChI=1S/C14H23N3O2/c1-5-6-7-8-10(2)15-12-9-11(3)16-13(17-12)14(18)19-4/h9-10H,5-8H2,1-4H3,(H,15,16,17). The summed E-state index contributed by atoms with van der Waals surface area (Å²) in [4.78, 5) is 19.7. The minimum atomic E-state index is -0.509. The van der Waals surface area contributed by atoms with Crippen LogP contribution in [0.25, 0.3) is 0 Å². The van der Waals surface area contributed by atoms with Gasteiger partial charge in [-0.2, -0.15) is 0 Å². The number of ether oxygens (including phenoxy) is 1.